The number of rotatable bonds is 0. The van der Waals surface area contributed by atoms with Crippen molar-refractivity contribution in [1.82, 2.24) is 0 Å². The summed E-state index contributed by atoms with van der Waals surface area (Å²) >= 11 is 4.66. The molecule has 0 spiro atoms. The summed E-state index contributed by atoms with van der Waals surface area (Å²) in [6.07, 6.45) is 2.43. The van der Waals surface area contributed by atoms with Crippen LogP contribution in [0.5, 0.6) is 0 Å². The van der Waals surface area contributed by atoms with Gasteiger partial charge >= 0.3 is 23.9 Å². The van der Waals surface area contributed by atoms with Gasteiger partial charge in [0.25, 0.3) is 0 Å². The van der Waals surface area contributed by atoms with Gasteiger partial charge in [-0.15, -0.1) is 0 Å². The number of hydrogen-bond acceptors (Lipinski definition) is 1. The first-order valence-corrected chi connectivity index (χ1v) is 4.38. The summed E-state index contributed by atoms with van der Waals surface area (Å²) in [7, 11) is 0. The van der Waals surface area contributed by atoms with Crippen LogP contribution in [0, 0.1) is 0 Å². The number of alkyl halides is 2. The summed E-state index contributed by atoms with van der Waals surface area (Å²) in [5, 5.41) is 0. The Kier molecular flexibility index (Phi) is 5.33. The third kappa shape index (κ3) is 3.40. The summed E-state index contributed by atoms with van der Waals surface area (Å²) in [6.45, 7) is 0.950. The van der Waals surface area contributed by atoms with Gasteiger partial charge in [-0.05, 0) is 58.0 Å². The molecule has 1 aliphatic rings. The molecular formula is C4H8I2OSn. The summed E-state index contributed by atoms with van der Waals surface area (Å²) in [6, 6.07) is 0. The average Bonchev–Trinajstić information content (AvgIpc) is 1.84. The van der Waals surface area contributed by atoms with Crippen molar-refractivity contribution in [3.05, 3.63) is 0 Å². The molecular weight excluding hydrogens is 437 g/mol. The van der Waals surface area contributed by atoms with Crippen molar-refractivity contribution < 1.29 is 4.74 Å². The Hall–Kier alpha value is 2.22. The van der Waals surface area contributed by atoms with Gasteiger partial charge in [0.15, 0.2) is 1.61 Å². The van der Waals surface area contributed by atoms with Gasteiger partial charge in [-0.1, -0.05) is 0 Å². The van der Waals surface area contributed by atoms with Crippen molar-refractivity contribution in [3.8, 4) is 0 Å². The Balaban J connectivity index is 0.000000490. The molecule has 0 aliphatic carbocycles. The van der Waals surface area contributed by atoms with Crippen LogP contribution < -0.4 is 0 Å². The van der Waals surface area contributed by atoms with Gasteiger partial charge in [-0.25, -0.2) is 0 Å². The van der Waals surface area contributed by atoms with Gasteiger partial charge in [0.05, 0.1) is 0 Å². The van der Waals surface area contributed by atoms with Crippen LogP contribution in [0.4, 0.5) is 0 Å². The van der Waals surface area contributed by atoms with E-state index in [1.807, 2.05) is 0 Å². The van der Waals surface area contributed by atoms with E-state index in [0.29, 0.717) is 0 Å². The summed E-state index contributed by atoms with van der Waals surface area (Å²) in [4.78, 5) is 0. The zero-order valence-corrected chi connectivity index (χ0v) is 12.8. The molecule has 1 nitrogen and oxygen atoms in total. The predicted octanol–water partition coefficient (Wildman–Crippen LogP) is 1.40. The molecule has 0 N–H and O–H groups in total. The molecule has 1 rings (SSSR count). The van der Waals surface area contributed by atoms with Crippen LogP contribution in [0.3, 0.4) is 0 Å². The molecule has 8 heavy (non-hydrogen) atoms. The molecule has 0 amide bonds. The molecule has 1 heterocycles. The van der Waals surface area contributed by atoms with Gasteiger partial charge < -0.3 is 4.74 Å². The topological polar surface area (TPSA) is 9.23 Å². The molecule has 0 unspecified atom stereocenters. The minimum atomic E-state index is 0. The molecule has 1 aliphatic heterocycles. The van der Waals surface area contributed by atoms with Crippen molar-refractivity contribution >= 4 is 69.1 Å². The van der Waals surface area contributed by atoms with Crippen molar-refractivity contribution in [1.29, 1.82) is 0 Å². The Labute approximate surface area is 93.5 Å². The third-order valence-electron chi connectivity index (χ3n) is 0.925. The Bertz CT molecular complexity index is 68.4. The molecule has 1 saturated heterocycles. The van der Waals surface area contributed by atoms with Gasteiger partial charge in [0, 0.05) is 6.61 Å². The summed E-state index contributed by atoms with van der Waals surface area (Å²) in [5.41, 5.74) is 0. The molecule has 2 radical (unpaired) electrons. The third-order valence-corrected chi connectivity index (χ3v) is 2.63. The summed E-state index contributed by atoms with van der Waals surface area (Å²) in [5.74, 6) is 0. The van der Waals surface area contributed by atoms with E-state index >= 15 is 0 Å². The van der Waals surface area contributed by atoms with Crippen molar-refractivity contribution in [2.24, 2.45) is 0 Å². The fourth-order valence-corrected chi connectivity index (χ4v) is 1.77. The molecule has 0 saturated carbocycles. The van der Waals surface area contributed by atoms with Gasteiger partial charge in [0.1, 0.15) is 0 Å². The standard InChI is InChI=1S/C4H6I2O.Sn.2H/c5-4(6)2-1-3-7-4;;;/h1-3H2;;;. The zero-order valence-electron chi connectivity index (χ0n) is 4.49. The second-order valence-electron chi connectivity index (χ2n) is 1.59. The fourth-order valence-electron chi connectivity index (χ4n) is 0.572. The second kappa shape index (κ2) is 4.17. The van der Waals surface area contributed by atoms with Crippen molar-refractivity contribution in [3.63, 3.8) is 0 Å². The number of halogens is 2. The Morgan fingerprint density at radius 3 is 2.12 bits per heavy atom. The van der Waals surface area contributed by atoms with Gasteiger partial charge in [0.2, 0.25) is 0 Å². The molecule has 1 fully saturated rings. The van der Waals surface area contributed by atoms with E-state index in [1.54, 1.807) is 0 Å². The monoisotopic (exact) mass is 446 g/mol. The molecule has 0 aromatic rings. The van der Waals surface area contributed by atoms with E-state index in [-0.39, 0.29) is 25.5 Å². The van der Waals surface area contributed by atoms with Crippen LogP contribution >= 0.6 is 45.2 Å². The van der Waals surface area contributed by atoms with E-state index in [2.05, 4.69) is 45.2 Å². The average molecular weight is 445 g/mol. The normalized spacial score (nSPS) is 24.8. The van der Waals surface area contributed by atoms with Gasteiger partial charge in [-0.3, -0.25) is 0 Å². The van der Waals surface area contributed by atoms with Gasteiger partial charge in [-0.2, -0.15) is 0 Å². The summed E-state index contributed by atoms with van der Waals surface area (Å²) < 4.78 is 5.45. The van der Waals surface area contributed by atoms with E-state index in [1.165, 1.54) is 12.8 Å². The quantitative estimate of drug-likeness (QED) is 0.312. The molecule has 0 aromatic carbocycles. The predicted molar refractivity (Wildman–Crippen MR) is 54.5 cm³/mol. The maximum absolute atomic E-state index is 5.31. The fraction of sp³-hybridized carbons (Fsp3) is 1.00. The number of ether oxygens (including phenoxy) is 1. The number of hydrogen-bond donors (Lipinski definition) is 0. The van der Waals surface area contributed by atoms with Crippen molar-refractivity contribution in [2.75, 3.05) is 6.61 Å². The maximum atomic E-state index is 5.31. The molecule has 0 aromatic heterocycles. The molecule has 0 atom stereocenters. The van der Waals surface area contributed by atoms with Crippen LogP contribution in [0.1, 0.15) is 12.8 Å². The van der Waals surface area contributed by atoms with E-state index in [4.69, 9.17) is 4.74 Å². The Morgan fingerprint density at radius 1 is 1.38 bits per heavy atom. The first kappa shape index (κ1) is 10.2. The van der Waals surface area contributed by atoms with Crippen LogP contribution in [0.2, 0.25) is 0 Å². The van der Waals surface area contributed by atoms with E-state index in [0.717, 1.165) is 6.61 Å². The van der Waals surface area contributed by atoms with Crippen molar-refractivity contribution in [2.45, 2.75) is 14.5 Å². The zero-order chi connectivity index (χ0) is 5.33. The SMILES string of the molecule is IC1(I)CCCO1.[SnH2]. The first-order chi connectivity index (χ1) is 3.21. The Morgan fingerprint density at radius 2 is 2.00 bits per heavy atom. The van der Waals surface area contributed by atoms with Crippen LogP contribution in [0.15, 0.2) is 0 Å². The molecule has 0 bridgehead atoms. The first-order valence-electron chi connectivity index (χ1n) is 2.22. The van der Waals surface area contributed by atoms with Crippen LogP contribution in [-0.2, 0) is 4.74 Å². The van der Waals surface area contributed by atoms with E-state index in [9.17, 15) is 0 Å². The van der Waals surface area contributed by atoms with E-state index < -0.39 is 0 Å². The molecule has 48 valence electrons. The van der Waals surface area contributed by atoms with Crippen LogP contribution in [0.25, 0.3) is 0 Å². The van der Waals surface area contributed by atoms with Crippen LogP contribution in [-0.4, -0.2) is 32.1 Å². The molecule has 4 heteroatoms. The second-order valence-corrected chi connectivity index (χ2v) is 7.14. The minimum absolute atomic E-state index is 0.